The van der Waals surface area contributed by atoms with E-state index in [0.717, 1.165) is 21.8 Å². The van der Waals surface area contributed by atoms with E-state index in [1.807, 2.05) is 31.2 Å². The van der Waals surface area contributed by atoms with E-state index >= 15 is 0 Å². The van der Waals surface area contributed by atoms with Crippen molar-refractivity contribution >= 4 is 22.2 Å². The maximum Gasteiger partial charge on any atom is 0.256 e. The van der Waals surface area contributed by atoms with Gasteiger partial charge in [-0.05, 0) is 13.0 Å². The van der Waals surface area contributed by atoms with E-state index in [1.165, 1.54) is 16.2 Å². The zero-order valence-corrected chi connectivity index (χ0v) is 12.9. The Kier molecular flexibility index (Phi) is 3.99. The van der Waals surface area contributed by atoms with E-state index in [2.05, 4.69) is 0 Å². The normalized spacial score (nSPS) is 10.4. The molecule has 0 aliphatic heterocycles. The quantitative estimate of drug-likeness (QED) is 0.945. The number of nitrogen functional groups attached to an aromatic ring is 1. The van der Waals surface area contributed by atoms with E-state index in [1.54, 1.807) is 21.2 Å². The van der Waals surface area contributed by atoms with E-state index in [9.17, 15) is 4.79 Å². The van der Waals surface area contributed by atoms with E-state index in [-0.39, 0.29) is 5.91 Å². The highest BCUT2D eigenvalue weighted by molar-refractivity contribution is 7.16. The monoisotopic (exact) mass is 290 g/mol. The van der Waals surface area contributed by atoms with Crippen molar-refractivity contribution in [2.45, 2.75) is 6.92 Å². The predicted octanol–water partition coefficient (Wildman–Crippen LogP) is 3.02. The molecule has 1 heterocycles. The fourth-order valence-electron chi connectivity index (χ4n) is 2.18. The van der Waals surface area contributed by atoms with Crippen LogP contribution in [0.1, 0.15) is 15.2 Å². The topological polar surface area (TPSA) is 55.6 Å². The van der Waals surface area contributed by atoms with E-state index in [4.69, 9.17) is 10.5 Å². The molecule has 0 unspecified atom stereocenters. The molecule has 0 spiro atoms. The van der Waals surface area contributed by atoms with Crippen LogP contribution in [0.5, 0.6) is 5.75 Å². The number of nitrogens with two attached hydrogens (primary N) is 1. The van der Waals surface area contributed by atoms with Gasteiger partial charge in [-0.1, -0.05) is 18.2 Å². The van der Waals surface area contributed by atoms with E-state index in [0.29, 0.717) is 10.6 Å². The number of carbonyl (C=O) groups excluding carboxylic acids is 1. The van der Waals surface area contributed by atoms with Crippen molar-refractivity contribution in [1.29, 1.82) is 0 Å². The summed E-state index contributed by atoms with van der Waals surface area (Å²) in [5.41, 5.74) is 8.36. The summed E-state index contributed by atoms with van der Waals surface area (Å²) in [4.78, 5) is 14.9. The van der Waals surface area contributed by atoms with Gasteiger partial charge in [-0.3, -0.25) is 4.79 Å². The summed E-state index contributed by atoms with van der Waals surface area (Å²) < 4.78 is 5.40. The molecule has 1 amide bonds. The number of benzene rings is 1. The first kappa shape index (κ1) is 14.4. The zero-order chi connectivity index (χ0) is 14.9. The van der Waals surface area contributed by atoms with Gasteiger partial charge in [0, 0.05) is 30.1 Å². The van der Waals surface area contributed by atoms with Crippen molar-refractivity contribution in [3.8, 4) is 16.9 Å². The third-order valence-electron chi connectivity index (χ3n) is 3.11. The van der Waals surface area contributed by atoms with Crippen molar-refractivity contribution in [2.24, 2.45) is 0 Å². The first-order valence-corrected chi connectivity index (χ1v) is 7.03. The molecule has 0 aliphatic carbocycles. The molecule has 1 aromatic heterocycles. The zero-order valence-electron chi connectivity index (χ0n) is 12.1. The van der Waals surface area contributed by atoms with Crippen molar-refractivity contribution in [2.75, 3.05) is 26.9 Å². The van der Waals surface area contributed by atoms with Gasteiger partial charge in [0.05, 0.1) is 17.7 Å². The van der Waals surface area contributed by atoms with Gasteiger partial charge in [0.15, 0.2) is 0 Å². The van der Waals surface area contributed by atoms with Gasteiger partial charge in [0.2, 0.25) is 0 Å². The summed E-state index contributed by atoms with van der Waals surface area (Å²) in [6.45, 7) is 1.97. The molecule has 106 valence electrons. The average molecular weight is 290 g/mol. The van der Waals surface area contributed by atoms with Gasteiger partial charge in [0.25, 0.3) is 5.91 Å². The molecule has 0 aliphatic rings. The lowest BCUT2D eigenvalue weighted by Crippen LogP contribution is -2.22. The van der Waals surface area contributed by atoms with E-state index < -0.39 is 0 Å². The van der Waals surface area contributed by atoms with Gasteiger partial charge in [-0.25, -0.2) is 0 Å². The van der Waals surface area contributed by atoms with Crippen LogP contribution >= 0.6 is 11.3 Å². The first-order chi connectivity index (χ1) is 9.47. The summed E-state index contributed by atoms with van der Waals surface area (Å²) in [5.74, 6) is 0.647. The van der Waals surface area contributed by atoms with Crippen LogP contribution in [-0.2, 0) is 0 Å². The number of methoxy groups -OCH3 is 1. The number of ether oxygens (including phenoxy) is 1. The molecule has 5 heteroatoms. The molecule has 0 atom stereocenters. The lowest BCUT2D eigenvalue weighted by Gasteiger charge is -2.14. The smallest absolute Gasteiger partial charge is 0.256 e. The Hall–Kier alpha value is -2.01. The number of hydrogen-bond donors (Lipinski definition) is 1. The summed E-state index contributed by atoms with van der Waals surface area (Å²) in [6, 6.07) is 7.65. The number of anilines is 1. The molecule has 0 radical (unpaired) electrons. The van der Waals surface area contributed by atoms with Crippen LogP contribution in [0.2, 0.25) is 0 Å². The van der Waals surface area contributed by atoms with Gasteiger partial charge in [0.1, 0.15) is 5.75 Å². The predicted molar refractivity (Wildman–Crippen MR) is 83.5 cm³/mol. The lowest BCUT2D eigenvalue weighted by atomic mass is 10.00. The standard InChI is InChI=1S/C15H18N2O2S/c1-9-12(10-7-5-6-8-11(10)19-4)13(14(16)20-9)15(18)17(2)3/h5-8H,16H2,1-4H3. The van der Waals surface area contributed by atoms with Crippen LogP contribution in [0.3, 0.4) is 0 Å². The molecule has 2 aromatic rings. The highest BCUT2D eigenvalue weighted by Gasteiger charge is 2.24. The highest BCUT2D eigenvalue weighted by atomic mass is 32.1. The van der Waals surface area contributed by atoms with Gasteiger partial charge < -0.3 is 15.4 Å². The Balaban J connectivity index is 2.71. The number of amides is 1. The van der Waals surface area contributed by atoms with Crippen LogP contribution in [0.15, 0.2) is 24.3 Å². The van der Waals surface area contributed by atoms with Crippen LogP contribution in [0.25, 0.3) is 11.1 Å². The molecule has 0 saturated heterocycles. The van der Waals surface area contributed by atoms with Gasteiger partial charge in [-0.2, -0.15) is 0 Å². The Morgan fingerprint density at radius 2 is 1.95 bits per heavy atom. The highest BCUT2D eigenvalue weighted by Crippen LogP contribution is 2.42. The minimum atomic E-state index is -0.0900. The molecular formula is C15H18N2O2S. The van der Waals surface area contributed by atoms with Gasteiger partial charge in [-0.15, -0.1) is 11.3 Å². The molecule has 2 N–H and O–H groups in total. The second-order valence-electron chi connectivity index (χ2n) is 4.67. The minimum Gasteiger partial charge on any atom is -0.496 e. The summed E-state index contributed by atoms with van der Waals surface area (Å²) >= 11 is 1.43. The number of aryl methyl sites for hydroxylation is 1. The van der Waals surface area contributed by atoms with Crippen molar-refractivity contribution in [3.05, 3.63) is 34.7 Å². The van der Waals surface area contributed by atoms with Crippen molar-refractivity contribution in [1.82, 2.24) is 4.90 Å². The van der Waals surface area contributed by atoms with Crippen LogP contribution in [-0.4, -0.2) is 32.0 Å². The van der Waals surface area contributed by atoms with Gasteiger partial charge >= 0.3 is 0 Å². The lowest BCUT2D eigenvalue weighted by molar-refractivity contribution is 0.0829. The molecule has 1 aromatic carbocycles. The molecule has 0 bridgehead atoms. The molecule has 0 fully saturated rings. The number of nitrogens with zero attached hydrogens (tertiary/aromatic N) is 1. The number of para-hydroxylation sites is 1. The second-order valence-corrected chi connectivity index (χ2v) is 5.93. The number of hydrogen-bond acceptors (Lipinski definition) is 4. The Labute approximate surface area is 122 Å². The molecule has 20 heavy (non-hydrogen) atoms. The fraction of sp³-hybridized carbons (Fsp3) is 0.267. The summed E-state index contributed by atoms with van der Waals surface area (Å²) in [6.07, 6.45) is 0. The first-order valence-electron chi connectivity index (χ1n) is 6.21. The number of thiophene rings is 1. The van der Waals surface area contributed by atoms with Crippen molar-refractivity contribution in [3.63, 3.8) is 0 Å². The largest absolute Gasteiger partial charge is 0.496 e. The molecule has 0 saturated carbocycles. The third kappa shape index (κ3) is 2.36. The third-order valence-corrected chi connectivity index (χ3v) is 4.04. The number of rotatable bonds is 3. The summed E-state index contributed by atoms with van der Waals surface area (Å²) in [5, 5.41) is 0.544. The van der Waals surface area contributed by atoms with Crippen LogP contribution in [0.4, 0.5) is 5.00 Å². The minimum absolute atomic E-state index is 0.0900. The molecular weight excluding hydrogens is 272 g/mol. The molecule has 4 nitrogen and oxygen atoms in total. The maximum absolute atomic E-state index is 12.4. The Morgan fingerprint density at radius 1 is 1.30 bits per heavy atom. The number of carbonyl (C=O) groups is 1. The average Bonchev–Trinajstić information content (AvgIpc) is 2.72. The molecule has 2 rings (SSSR count). The Bertz CT molecular complexity index is 647. The van der Waals surface area contributed by atoms with Crippen molar-refractivity contribution < 1.29 is 9.53 Å². The summed E-state index contributed by atoms with van der Waals surface area (Å²) in [7, 11) is 5.07. The fourth-order valence-corrected chi connectivity index (χ4v) is 3.11. The van der Waals surface area contributed by atoms with Crippen LogP contribution < -0.4 is 10.5 Å². The Morgan fingerprint density at radius 3 is 2.55 bits per heavy atom. The van der Waals surface area contributed by atoms with Crippen LogP contribution in [0, 0.1) is 6.92 Å². The maximum atomic E-state index is 12.4. The SMILES string of the molecule is COc1ccccc1-c1c(C)sc(N)c1C(=O)N(C)C. The second kappa shape index (κ2) is 5.54.